The molecular formula is C12H12ClN5O3. The highest BCUT2D eigenvalue weighted by molar-refractivity contribution is 6.33. The van der Waals surface area contributed by atoms with E-state index in [4.69, 9.17) is 11.6 Å². The summed E-state index contributed by atoms with van der Waals surface area (Å²) in [6, 6.07) is 6.48. The predicted molar refractivity (Wildman–Crippen MR) is 77.1 cm³/mol. The van der Waals surface area contributed by atoms with E-state index in [0.29, 0.717) is 0 Å². The van der Waals surface area contributed by atoms with Crippen LogP contribution in [0.2, 0.25) is 5.02 Å². The van der Waals surface area contributed by atoms with E-state index in [1.807, 2.05) is 0 Å². The summed E-state index contributed by atoms with van der Waals surface area (Å²) in [5.41, 5.74) is 5.18. The summed E-state index contributed by atoms with van der Waals surface area (Å²) in [5, 5.41) is 15.2. The molecule has 0 spiro atoms. The summed E-state index contributed by atoms with van der Waals surface area (Å²) < 4.78 is 1.28. The molecule has 0 atom stereocenters. The highest BCUT2D eigenvalue weighted by Crippen LogP contribution is 2.26. The molecule has 0 aliphatic carbocycles. The van der Waals surface area contributed by atoms with Gasteiger partial charge in [-0.1, -0.05) is 23.7 Å². The molecule has 0 aliphatic heterocycles. The van der Waals surface area contributed by atoms with Crippen LogP contribution in [-0.4, -0.2) is 20.6 Å². The van der Waals surface area contributed by atoms with Crippen molar-refractivity contribution in [3.05, 3.63) is 50.7 Å². The second-order valence-electron chi connectivity index (χ2n) is 4.22. The Bertz CT molecular complexity index is 713. The van der Waals surface area contributed by atoms with Crippen molar-refractivity contribution >= 4 is 29.0 Å². The first-order valence-electron chi connectivity index (χ1n) is 5.90. The maximum absolute atomic E-state index is 12.0. The molecule has 0 fully saturated rings. The number of hydrogen-bond acceptors (Lipinski definition) is 5. The molecule has 2 rings (SSSR count). The zero-order valence-corrected chi connectivity index (χ0v) is 12.0. The van der Waals surface area contributed by atoms with E-state index in [1.54, 1.807) is 24.3 Å². The van der Waals surface area contributed by atoms with Crippen molar-refractivity contribution in [1.82, 2.24) is 15.2 Å². The SMILES string of the molecule is Cc1nn(C)c(NNC(=O)c2ccccc2Cl)c1[N+](=O)[O-]. The Morgan fingerprint density at radius 1 is 1.43 bits per heavy atom. The van der Waals surface area contributed by atoms with Crippen molar-refractivity contribution in [2.75, 3.05) is 5.43 Å². The molecule has 0 aliphatic rings. The number of aryl methyl sites for hydroxylation is 2. The minimum atomic E-state index is -0.563. The fraction of sp³-hybridized carbons (Fsp3) is 0.167. The molecule has 2 aromatic rings. The minimum absolute atomic E-state index is 0.0814. The molecule has 0 unspecified atom stereocenters. The number of nitrogens with one attached hydrogen (secondary N) is 2. The zero-order valence-electron chi connectivity index (χ0n) is 11.3. The van der Waals surface area contributed by atoms with E-state index in [1.165, 1.54) is 18.7 Å². The van der Waals surface area contributed by atoms with Gasteiger partial charge in [0.05, 0.1) is 15.5 Å². The smallest absolute Gasteiger partial charge is 0.276 e. The van der Waals surface area contributed by atoms with Gasteiger partial charge in [0.15, 0.2) is 0 Å². The predicted octanol–water partition coefficient (Wildman–Crippen LogP) is 2.05. The van der Waals surface area contributed by atoms with Crippen molar-refractivity contribution in [2.24, 2.45) is 7.05 Å². The standard InChI is InChI=1S/C12H12ClN5O3/c1-7-10(18(20)21)11(17(2)16-7)14-15-12(19)8-5-3-4-6-9(8)13/h3-6,14H,1-2H3,(H,15,19). The molecule has 0 radical (unpaired) electrons. The third kappa shape index (κ3) is 2.95. The van der Waals surface area contributed by atoms with Crippen molar-refractivity contribution in [1.29, 1.82) is 0 Å². The van der Waals surface area contributed by atoms with Gasteiger partial charge in [-0.05, 0) is 19.1 Å². The number of aromatic nitrogens is 2. The lowest BCUT2D eigenvalue weighted by Crippen LogP contribution is -2.30. The summed E-state index contributed by atoms with van der Waals surface area (Å²) in [7, 11) is 1.53. The second-order valence-corrected chi connectivity index (χ2v) is 4.63. The Kier molecular flexibility index (Phi) is 4.08. The van der Waals surface area contributed by atoms with Crippen LogP contribution in [0.5, 0.6) is 0 Å². The number of hydrogen-bond donors (Lipinski definition) is 2. The van der Waals surface area contributed by atoms with Crippen molar-refractivity contribution in [3.8, 4) is 0 Å². The Balaban J connectivity index is 2.19. The lowest BCUT2D eigenvalue weighted by molar-refractivity contribution is -0.384. The van der Waals surface area contributed by atoms with Gasteiger partial charge < -0.3 is 0 Å². The van der Waals surface area contributed by atoms with Crippen molar-refractivity contribution in [3.63, 3.8) is 0 Å². The average Bonchev–Trinajstić information content (AvgIpc) is 2.70. The van der Waals surface area contributed by atoms with E-state index >= 15 is 0 Å². The van der Waals surface area contributed by atoms with Gasteiger partial charge in [-0.15, -0.1) is 0 Å². The fourth-order valence-corrected chi connectivity index (χ4v) is 2.06. The molecule has 0 saturated carbocycles. The molecular weight excluding hydrogens is 298 g/mol. The summed E-state index contributed by atoms with van der Waals surface area (Å²) in [6.07, 6.45) is 0. The van der Waals surface area contributed by atoms with Gasteiger partial charge in [0.2, 0.25) is 5.82 Å². The quantitative estimate of drug-likeness (QED) is 0.664. The van der Waals surface area contributed by atoms with E-state index in [9.17, 15) is 14.9 Å². The highest BCUT2D eigenvalue weighted by Gasteiger charge is 2.24. The maximum atomic E-state index is 12.0. The zero-order chi connectivity index (χ0) is 15.6. The minimum Gasteiger partial charge on any atom is -0.276 e. The summed E-state index contributed by atoms with van der Waals surface area (Å²) >= 11 is 5.90. The number of nitro groups is 1. The number of hydrazine groups is 1. The number of benzene rings is 1. The summed E-state index contributed by atoms with van der Waals surface area (Å²) in [4.78, 5) is 22.4. The van der Waals surface area contributed by atoms with Crippen molar-refractivity contribution < 1.29 is 9.72 Å². The number of rotatable bonds is 4. The van der Waals surface area contributed by atoms with E-state index in [2.05, 4.69) is 16.0 Å². The molecule has 0 bridgehead atoms. The highest BCUT2D eigenvalue weighted by atomic mass is 35.5. The maximum Gasteiger partial charge on any atom is 0.335 e. The van der Waals surface area contributed by atoms with Crippen LogP contribution in [0, 0.1) is 17.0 Å². The number of anilines is 1. The monoisotopic (exact) mass is 309 g/mol. The molecule has 21 heavy (non-hydrogen) atoms. The summed E-state index contributed by atoms with van der Waals surface area (Å²) in [6.45, 7) is 1.51. The largest absolute Gasteiger partial charge is 0.335 e. The molecule has 1 aromatic carbocycles. The van der Waals surface area contributed by atoms with Crippen LogP contribution in [0.1, 0.15) is 16.1 Å². The third-order valence-electron chi connectivity index (χ3n) is 2.79. The number of amides is 1. The molecule has 0 saturated heterocycles. The average molecular weight is 310 g/mol. The van der Waals surface area contributed by atoms with Gasteiger partial charge in [-0.2, -0.15) is 5.10 Å². The molecule has 110 valence electrons. The topological polar surface area (TPSA) is 102 Å². The van der Waals surface area contributed by atoms with Gasteiger partial charge in [0.1, 0.15) is 5.69 Å². The number of carbonyl (C=O) groups excluding carboxylic acids is 1. The Morgan fingerprint density at radius 3 is 2.71 bits per heavy atom. The van der Waals surface area contributed by atoms with Crippen LogP contribution in [0.4, 0.5) is 11.5 Å². The lowest BCUT2D eigenvalue weighted by Gasteiger charge is -2.09. The van der Waals surface area contributed by atoms with Crippen LogP contribution in [0.3, 0.4) is 0 Å². The Morgan fingerprint density at radius 2 is 2.10 bits per heavy atom. The van der Waals surface area contributed by atoms with E-state index < -0.39 is 10.8 Å². The first kappa shape index (κ1) is 14.8. The molecule has 2 N–H and O–H groups in total. The second kappa shape index (κ2) is 5.80. The van der Waals surface area contributed by atoms with E-state index in [0.717, 1.165) is 0 Å². The molecule has 1 heterocycles. The normalized spacial score (nSPS) is 10.2. The van der Waals surface area contributed by atoms with Crippen molar-refractivity contribution in [2.45, 2.75) is 6.92 Å². The fourth-order valence-electron chi connectivity index (χ4n) is 1.83. The van der Waals surface area contributed by atoms with Gasteiger partial charge in [0.25, 0.3) is 5.91 Å². The van der Waals surface area contributed by atoms with Gasteiger partial charge in [-0.25, -0.2) is 4.68 Å². The Labute approximate surface area is 124 Å². The van der Waals surface area contributed by atoms with Crippen LogP contribution in [0.25, 0.3) is 0 Å². The molecule has 8 nitrogen and oxygen atoms in total. The number of carbonyl (C=O) groups is 1. The van der Waals surface area contributed by atoms with Gasteiger partial charge >= 0.3 is 5.69 Å². The molecule has 9 heteroatoms. The number of nitrogens with zero attached hydrogens (tertiary/aromatic N) is 3. The third-order valence-corrected chi connectivity index (χ3v) is 3.12. The molecule has 1 amide bonds. The van der Waals surface area contributed by atoms with E-state index in [-0.39, 0.29) is 27.8 Å². The first-order valence-corrected chi connectivity index (χ1v) is 6.28. The van der Waals surface area contributed by atoms with Gasteiger partial charge in [0, 0.05) is 7.05 Å². The number of halogens is 1. The van der Waals surface area contributed by atoms with Crippen LogP contribution < -0.4 is 10.9 Å². The first-order chi connectivity index (χ1) is 9.91. The van der Waals surface area contributed by atoms with Gasteiger partial charge in [-0.3, -0.25) is 25.8 Å². The Hall–Kier alpha value is -2.61. The van der Waals surface area contributed by atoms with Crippen LogP contribution in [-0.2, 0) is 7.05 Å². The summed E-state index contributed by atoms with van der Waals surface area (Å²) in [5.74, 6) is -0.424. The lowest BCUT2D eigenvalue weighted by atomic mass is 10.2. The van der Waals surface area contributed by atoms with Crippen LogP contribution in [0.15, 0.2) is 24.3 Å². The molecule has 1 aromatic heterocycles. The van der Waals surface area contributed by atoms with Crippen LogP contribution >= 0.6 is 11.6 Å².